The van der Waals surface area contributed by atoms with Crippen LogP contribution in [0.25, 0.3) is 32.9 Å². The normalized spacial score (nSPS) is 11.1. The zero-order valence-corrected chi connectivity index (χ0v) is 16.9. The third kappa shape index (κ3) is 4.05. The van der Waals surface area contributed by atoms with Crippen molar-refractivity contribution in [3.05, 3.63) is 108 Å². The average molecular weight is 408 g/mol. The molecule has 0 radical (unpaired) electrons. The van der Waals surface area contributed by atoms with Gasteiger partial charge >= 0.3 is 0 Å². The molecule has 152 valence electrons. The van der Waals surface area contributed by atoms with Crippen molar-refractivity contribution in [2.24, 2.45) is 0 Å². The number of fused-ring (bicyclic) bond motifs is 3. The van der Waals surface area contributed by atoms with Crippen LogP contribution in [-0.4, -0.2) is 10.9 Å². The van der Waals surface area contributed by atoms with Gasteiger partial charge in [0.2, 0.25) is 5.91 Å². The number of H-pyrrole nitrogens is 1. The number of aromatic nitrogens is 1. The summed E-state index contributed by atoms with van der Waals surface area (Å²) in [6.07, 6.45) is 0.322. The Hall–Kier alpha value is -3.92. The third-order valence-electron chi connectivity index (χ3n) is 5.53. The summed E-state index contributed by atoms with van der Waals surface area (Å²) >= 11 is 0. The second-order valence-corrected chi connectivity index (χ2v) is 7.71. The van der Waals surface area contributed by atoms with Gasteiger partial charge in [-0.3, -0.25) is 4.79 Å². The van der Waals surface area contributed by atoms with E-state index in [1.165, 1.54) is 17.5 Å². The predicted octanol–water partition coefficient (Wildman–Crippen LogP) is 5.99. The number of carbonyl (C=O) groups excluding carboxylic acids is 1. The number of hydrogen-bond donors (Lipinski definition) is 2. The SMILES string of the molecule is O=C(Cc1ccc2c(c1)[nH]c1ccccc12)NCc1cccc(-c2ccc(F)cc2)c1. The van der Waals surface area contributed by atoms with Crippen molar-refractivity contribution in [3.63, 3.8) is 0 Å². The van der Waals surface area contributed by atoms with Crippen LogP contribution in [0, 0.1) is 5.82 Å². The molecule has 0 saturated heterocycles. The predicted molar refractivity (Wildman–Crippen MR) is 123 cm³/mol. The molecule has 1 aromatic heterocycles. The van der Waals surface area contributed by atoms with Gasteiger partial charge < -0.3 is 10.3 Å². The van der Waals surface area contributed by atoms with Crippen LogP contribution < -0.4 is 5.32 Å². The maximum atomic E-state index is 13.2. The first-order valence-electron chi connectivity index (χ1n) is 10.3. The first kappa shape index (κ1) is 19.1. The molecule has 2 N–H and O–H groups in total. The van der Waals surface area contributed by atoms with E-state index in [0.29, 0.717) is 13.0 Å². The Morgan fingerprint density at radius 3 is 2.42 bits per heavy atom. The molecule has 0 aliphatic carbocycles. The number of amides is 1. The minimum Gasteiger partial charge on any atom is -0.355 e. The van der Waals surface area contributed by atoms with Crippen LogP contribution in [0.5, 0.6) is 0 Å². The second kappa shape index (κ2) is 8.07. The van der Waals surface area contributed by atoms with Crippen molar-refractivity contribution in [2.45, 2.75) is 13.0 Å². The molecular formula is C27H21FN2O. The Labute approximate surface area is 179 Å². The molecule has 0 fully saturated rings. The van der Waals surface area contributed by atoms with Crippen molar-refractivity contribution >= 4 is 27.7 Å². The molecule has 0 aliphatic rings. The molecule has 3 nitrogen and oxygen atoms in total. The van der Waals surface area contributed by atoms with Gasteiger partial charge in [0, 0.05) is 28.4 Å². The van der Waals surface area contributed by atoms with E-state index < -0.39 is 0 Å². The molecule has 0 spiro atoms. The van der Waals surface area contributed by atoms with Crippen LogP contribution in [0.4, 0.5) is 4.39 Å². The maximum Gasteiger partial charge on any atom is 0.224 e. The van der Waals surface area contributed by atoms with Gasteiger partial charge in [-0.15, -0.1) is 0 Å². The lowest BCUT2D eigenvalue weighted by Crippen LogP contribution is -2.24. The van der Waals surface area contributed by atoms with Crippen molar-refractivity contribution in [1.82, 2.24) is 10.3 Å². The van der Waals surface area contributed by atoms with E-state index in [4.69, 9.17) is 0 Å². The van der Waals surface area contributed by atoms with Crippen LogP contribution in [0.2, 0.25) is 0 Å². The highest BCUT2D eigenvalue weighted by Crippen LogP contribution is 2.26. The fourth-order valence-electron chi connectivity index (χ4n) is 3.96. The molecule has 1 amide bonds. The molecule has 5 rings (SSSR count). The van der Waals surface area contributed by atoms with Gasteiger partial charge in [0.15, 0.2) is 0 Å². The van der Waals surface area contributed by atoms with E-state index in [0.717, 1.165) is 38.7 Å². The van der Waals surface area contributed by atoms with Gasteiger partial charge in [-0.2, -0.15) is 0 Å². The summed E-state index contributed by atoms with van der Waals surface area (Å²) in [6.45, 7) is 0.447. The van der Waals surface area contributed by atoms with Crippen LogP contribution in [0.1, 0.15) is 11.1 Å². The van der Waals surface area contributed by atoms with Crippen molar-refractivity contribution in [2.75, 3.05) is 0 Å². The van der Waals surface area contributed by atoms with E-state index in [1.807, 2.05) is 48.5 Å². The molecule has 4 aromatic carbocycles. The lowest BCUT2D eigenvalue weighted by atomic mass is 10.0. The zero-order chi connectivity index (χ0) is 21.2. The minimum atomic E-state index is -0.252. The molecule has 0 saturated carbocycles. The first-order valence-corrected chi connectivity index (χ1v) is 10.3. The molecule has 0 bridgehead atoms. The molecule has 4 heteroatoms. The highest BCUT2D eigenvalue weighted by Gasteiger charge is 2.08. The van der Waals surface area contributed by atoms with Gasteiger partial charge in [-0.1, -0.05) is 60.7 Å². The minimum absolute atomic E-state index is 0.0253. The summed E-state index contributed by atoms with van der Waals surface area (Å²) in [4.78, 5) is 15.9. The Kier molecular flexibility index (Phi) is 4.97. The van der Waals surface area contributed by atoms with E-state index in [2.05, 4.69) is 28.5 Å². The summed E-state index contributed by atoms with van der Waals surface area (Å²) in [6, 6.07) is 28.7. The van der Waals surface area contributed by atoms with Crippen LogP contribution >= 0.6 is 0 Å². The number of carbonyl (C=O) groups is 1. The topological polar surface area (TPSA) is 44.9 Å². The van der Waals surface area contributed by atoms with Gasteiger partial charge in [0.05, 0.1) is 6.42 Å². The summed E-state index contributed by atoms with van der Waals surface area (Å²) < 4.78 is 13.2. The fraction of sp³-hybridized carbons (Fsp3) is 0.0741. The fourth-order valence-corrected chi connectivity index (χ4v) is 3.96. The van der Waals surface area contributed by atoms with Crippen molar-refractivity contribution in [1.29, 1.82) is 0 Å². The number of hydrogen-bond acceptors (Lipinski definition) is 1. The Balaban J connectivity index is 1.26. The van der Waals surface area contributed by atoms with E-state index in [-0.39, 0.29) is 11.7 Å². The maximum absolute atomic E-state index is 13.2. The monoisotopic (exact) mass is 408 g/mol. The summed E-state index contributed by atoms with van der Waals surface area (Å²) in [7, 11) is 0. The number of rotatable bonds is 5. The molecule has 0 unspecified atom stereocenters. The highest BCUT2D eigenvalue weighted by molar-refractivity contribution is 6.07. The quantitative estimate of drug-likeness (QED) is 0.369. The molecule has 1 heterocycles. The van der Waals surface area contributed by atoms with Crippen molar-refractivity contribution < 1.29 is 9.18 Å². The van der Waals surface area contributed by atoms with Crippen LogP contribution in [0.15, 0.2) is 91.0 Å². The number of aromatic amines is 1. The van der Waals surface area contributed by atoms with Gasteiger partial charge in [-0.05, 0) is 52.6 Å². The van der Waals surface area contributed by atoms with Crippen LogP contribution in [0.3, 0.4) is 0 Å². The molecule has 0 atom stereocenters. The molecule has 5 aromatic rings. The second-order valence-electron chi connectivity index (χ2n) is 7.71. The third-order valence-corrected chi connectivity index (χ3v) is 5.53. The van der Waals surface area contributed by atoms with Crippen molar-refractivity contribution in [3.8, 4) is 11.1 Å². The lowest BCUT2D eigenvalue weighted by molar-refractivity contribution is -0.120. The number of halogens is 1. The summed E-state index contributed by atoms with van der Waals surface area (Å²) in [5, 5.41) is 5.35. The van der Waals surface area contributed by atoms with Crippen LogP contribution in [-0.2, 0) is 17.8 Å². The standard InChI is InChI=1S/C27H21FN2O/c28-22-11-9-20(10-12-22)21-5-3-4-19(14-21)17-29-27(31)16-18-8-13-24-23-6-1-2-7-25(23)30-26(24)15-18/h1-15,30H,16-17H2,(H,29,31). The largest absolute Gasteiger partial charge is 0.355 e. The molecule has 31 heavy (non-hydrogen) atoms. The molecular weight excluding hydrogens is 387 g/mol. The Morgan fingerprint density at radius 2 is 1.55 bits per heavy atom. The lowest BCUT2D eigenvalue weighted by Gasteiger charge is -2.08. The van der Waals surface area contributed by atoms with E-state index in [9.17, 15) is 9.18 Å². The van der Waals surface area contributed by atoms with Gasteiger partial charge in [0.25, 0.3) is 0 Å². The van der Waals surface area contributed by atoms with E-state index >= 15 is 0 Å². The zero-order valence-electron chi connectivity index (χ0n) is 16.9. The first-order chi connectivity index (χ1) is 15.2. The average Bonchev–Trinajstić information content (AvgIpc) is 3.16. The van der Waals surface area contributed by atoms with E-state index in [1.54, 1.807) is 12.1 Å². The Morgan fingerprint density at radius 1 is 0.742 bits per heavy atom. The number of nitrogens with one attached hydrogen (secondary N) is 2. The smallest absolute Gasteiger partial charge is 0.224 e. The van der Waals surface area contributed by atoms with Gasteiger partial charge in [-0.25, -0.2) is 4.39 Å². The highest BCUT2D eigenvalue weighted by atomic mass is 19.1. The molecule has 0 aliphatic heterocycles. The number of benzene rings is 4. The summed E-state index contributed by atoms with van der Waals surface area (Å²) in [5.74, 6) is -0.277. The number of para-hydroxylation sites is 1. The summed E-state index contributed by atoms with van der Waals surface area (Å²) in [5.41, 5.74) is 6.05. The Bertz CT molecular complexity index is 1390. The van der Waals surface area contributed by atoms with Gasteiger partial charge in [0.1, 0.15) is 5.82 Å².